The molecule has 8 heteroatoms. The molecule has 3 heterocycles. The second-order valence-corrected chi connectivity index (χ2v) is 11.8. The number of carbonyl (C=O) groups is 1. The summed E-state index contributed by atoms with van der Waals surface area (Å²) in [6.07, 6.45) is 17.8. The van der Waals surface area contributed by atoms with Crippen LogP contribution in [0.5, 0.6) is 11.5 Å². The smallest absolute Gasteiger partial charge is 0.336 e. The summed E-state index contributed by atoms with van der Waals surface area (Å²) in [5, 5.41) is 4.56. The molecule has 48 heavy (non-hydrogen) atoms. The molecule has 8 nitrogen and oxygen atoms in total. The van der Waals surface area contributed by atoms with Gasteiger partial charge in [0.1, 0.15) is 5.75 Å². The zero-order valence-electron chi connectivity index (χ0n) is 28.3. The molecule has 5 aromatic rings. The number of ether oxygens (including phenoxy) is 2. The molecule has 0 saturated heterocycles. The molecule has 1 N–H and O–H groups in total. The number of furan rings is 1. The highest BCUT2D eigenvalue weighted by atomic mass is 16.5. The van der Waals surface area contributed by atoms with Crippen LogP contribution < -0.4 is 25.0 Å². The van der Waals surface area contributed by atoms with Crippen LogP contribution in [0.4, 0.5) is 5.69 Å². The first kappa shape index (κ1) is 33.7. The number of pyridine rings is 1. The van der Waals surface area contributed by atoms with E-state index in [9.17, 15) is 9.59 Å². The van der Waals surface area contributed by atoms with Crippen LogP contribution in [0.25, 0.3) is 28.0 Å². The number of benzene rings is 2. The number of amides is 1. The average Bonchev–Trinajstić information content (AvgIpc) is 3.53. The van der Waals surface area contributed by atoms with E-state index in [0.717, 1.165) is 33.2 Å². The van der Waals surface area contributed by atoms with E-state index in [2.05, 4.69) is 44.3 Å². The highest BCUT2D eigenvalue weighted by Gasteiger charge is 2.15. The molecule has 2 aromatic carbocycles. The van der Waals surface area contributed by atoms with Crippen LogP contribution >= 0.6 is 0 Å². The van der Waals surface area contributed by atoms with E-state index in [1.54, 1.807) is 25.5 Å². The lowest BCUT2D eigenvalue weighted by Gasteiger charge is -2.13. The third-order valence-electron chi connectivity index (χ3n) is 8.17. The number of allylic oxidation sites excluding steroid dienone is 6. The van der Waals surface area contributed by atoms with E-state index < -0.39 is 5.63 Å². The van der Waals surface area contributed by atoms with Gasteiger partial charge in [0.2, 0.25) is 11.7 Å². The first-order chi connectivity index (χ1) is 23.1. The second kappa shape index (κ2) is 15.3. The van der Waals surface area contributed by atoms with Crippen molar-refractivity contribution in [1.29, 1.82) is 0 Å². The summed E-state index contributed by atoms with van der Waals surface area (Å²) in [4.78, 5) is 24.5. The normalized spacial score (nSPS) is 12.5. The zero-order valence-corrected chi connectivity index (χ0v) is 28.3. The van der Waals surface area contributed by atoms with Crippen molar-refractivity contribution < 1.29 is 27.7 Å². The quantitative estimate of drug-likeness (QED) is 0.0482. The van der Waals surface area contributed by atoms with Gasteiger partial charge in [-0.1, -0.05) is 36.0 Å². The van der Waals surface area contributed by atoms with Crippen LogP contribution in [0.2, 0.25) is 0 Å². The molecular formula is C40H41N2O6+. The largest absolute Gasteiger partial charge is 0.496 e. The van der Waals surface area contributed by atoms with Gasteiger partial charge in [-0.15, -0.1) is 0 Å². The molecular weight excluding hydrogens is 604 g/mol. The number of methoxy groups -OCH3 is 1. The maximum atomic E-state index is 12.6. The Hall–Kier alpha value is -5.63. The molecule has 0 fully saturated rings. The maximum absolute atomic E-state index is 12.6. The molecule has 0 bridgehead atoms. The van der Waals surface area contributed by atoms with E-state index in [1.807, 2.05) is 73.3 Å². The Morgan fingerprint density at radius 3 is 2.48 bits per heavy atom. The number of aryl methyl sites for hydroxylation is 2. The Balaban J connectivity index is 1.10. The molecule has 1 amide bonds. The number of nitrogens with one attached hydrogen (secondary N) is 1. The highest BCUT2D eigenvalue weighted by Crippen LogP contribution is 2.35. The SMILES string of the molecule is COc1cc(C)c(C=CC(C)=CC=CC(C)=CC(=O)Nc2cc[n+](CCCOc3c4occc4cc4ccc(=O)oc34)cc2)c(C)c1C. The fourth-order valence-corrected chi connectivity index (χ4v) is 5.44. The maximum Gasteiger partial charge on any atom is 0.336 e. The van der Waals surface area contributed by atoms with Crippen LogP contribution in [0.3, 0.4) is 0 Å². The Morgan fingerprint density at radius 1 is 0.938 bits per heavy atom. The van der Waals surface area contributed by atoms with Crippen molar-refractivity contribution >= 4 is 39.6 Å². The molecule has 3 aromatic heterocycles. The Morgan fingerprint density at radius 2 is 1.71 bits per heavy atom. The monoisotopic (exact) mass is 645 g/mol. The van der Waals surface area contributed by atoms with Crippen LogP contribution in [-0.4, -0.2) is 19.6 Å². The summed E-state index contributed by atoms with van der Waals surface area (Å²) in [7, 11) is 1.70. The molecule has 0 unspecified atom stereocenters. The molecule has 0 aliphatic rings. The number of rotatable bonds is 12. The number of fused-ring (bicyclic) bond motifs is 2. The highest BCUT2D eigenvalue weighted by molar-refractivity contribution is 6.00. The van der Waals surface area contributed by atoms with Crippen molar-refractivity contribution in [2.75, 3.05) is 19.0 Å². The molecule has 0 saturated carbocycles. The Bertz CT molecular complexity index is 2130. The van der Waals surface area contributed by atoms with Gasteiger partial charge in [-0.05, 0) is 86.7 Å². The van der Waals surface area contributed by atoms with Crippen molar-refractivity contribution in [2.24, 2.45) is 0 Å². The zero-order chi connectivity index (χ0) is 34.2. The summed E-state index contributed by atoms with van der Waals surface area (Å²) >= 11 is 0. The van der Waals surface area contributed by atoms with Crippen molar-refractivity contribution in [3.63, 3.8) is 0 Å². The summed E-state index contributed by atoms with van der Waals surface area (Å²) in [6.45, 7) is 11.3. The van der Waals surface area contributed by atoms with E-state index >= 15 is 0 Å². The third-order valence-corrected chi connectivity index (χ3v) is 8.17. The number of aromatic nitrogens is 1. The molecule has 0 aliphatic heterocycles. The van der Waals surface area contributed by atoms with E-state index in [4.69, 9.17) is 18.3 Å². The minimum Gasteiger partial charge on any atom is -0.496 e. The summed E-state index contributed by atoms with van der Waals surface area (Å²) in [6, 6.07) is 12.6. The van der Waals surface area contributed by atoms with Crippen molar-refractivity contribution in [1.82, 2.24) is 0 Å². The number of hydrogen-bond acceptors (Lipinski definition) is 6. The lowest BCUT2D eigenvalue weighted by atomic mass is 9.96. The number of hydrogen-bond donors (Lipinski definition) is 1. The predicted octanol–water partition coefficient (Wildman–Crippen LogP) is 8.33. The van der Waals surface area contributed by atoms with Crippen molar-refractivity contribution in [2.45, 2.75) is 47.6 Å². The van der Waals surface area contributed by atoms with Crippen LogP contribution in [-0.2, 0) is 11.3 Å². The number of nitrogens with zero attached hydrogens (tertiary/aromatic N) is 1. The molecule has 0 spiro atoms. The van der Waals surface area contributed by atoms with Crippen molar-refractivity contribution in [3.8, 4) is 11.5 Å². The topological polar surface area (TPSA) is 94.8 Å². The standard InChI is InChI=1S/C40H40N2O6/c1-26(11-13-34-28(3)24-35(45-6)30(5)29(34)4)9-7-10-27(2)23-36(43)41-33-15-19-42(20-16-33)18-8-21-46-40-38-32(17-22-47-38)25-31-12-14-37(44)48-39(31)40/h7,9-17,19-20,22-25H,8,18,21H2,1-6H3/p+1. The summed E-state index contributed by atoms with van der Waals surface area (Å²) in [5.74, 6) is 1.14. The summed E-state index contributed by atoms with van der Waals surface area (Å²) in [5.41, 5.74) is 7.84. The lowest BCUT2D eigenvalue weighted by Crippen LogP contribution is -2.33. The second-order valence-electron chi connectivity index (χ2n) is 11.8. The average molecular weight is 646 g/mol. The molecule has 0 atom stereocenters. The van der Waals surface area contributed by atoms with Gasteiger partial charge < -0.3 is 23.6 Å². The van der Waals surface area contributed by atoms with E-state index in [1.165, 1.54) is 22.8 Å². The number of carbonyl (C=O) groups excluding carboxylic acids is 1. The predicted molar refractivity (Wildman–Crippen MR) is 191 cm³/mol. The first-order valence-electron chi connectivity index (χ1n) is 15.9. The fourth-order valence-electron chi connectivity index (χ4n) is 5.44. The third kappa shape index (κ3) is 8.20. The molecule has 5 rings (SSSR count). The molecule has 0 radical (unpaired) electrons. The van der Waals surface area contributed by atoms with Crippen molar-refractivity contribution in [3.05, 3.63) is 135 Å². The van der Waals surface area contributed by atoms with Gasteiger partial charge in [0.05, 0.1) is 25.7 Å². The summed E-state index contributed by atoms with van der Waals surface area (Å²) < 4.78 is 24.6. The van der Waals surface area contributed by atoms with Gasteiger partial charge in [-0.2, -0.15) is 0 Å². The van der Waals surface area contributed by atoms with Crippen LogP contribution in [0, 0.1) is 20.8 Å². The molecule has 246 valence electrons. The van der Waals surface area contributed by atoms with E-state index in [0.29, 0.717) is 42.2 Å². The first-order valence-corrected chi connectivity index (χ1v) is 15.9. The van der Waals surface area contributed by atoms with Crippen LogP contribution in [0.15, 0.2) is 116 Å². The van der Waals surface area contributed by atoms with Gasteiger partial charge in [0.25, 0.3) is 0 Å². The fraction of sp³-hybridized carbons (Fsp3) is 0.225. The van der Waals surface area contributed by atoms with Gasteiger partial charge in [0.15, 0.2) is 30.1 Å². The van der Waals surface area contributed by atoms with Gasteiger partial charge in [-0.3, -0.25) is 4.79 Å². The number of anilines is 1. The minimum atomic E-state index is -0.444. The Kier molecular flexibility index (Phi) is 10.8. The van der Waals surface area contributed by atoms with Gasteiger partial charge in [-0.25, -0.2) is 9.36 Å². The molecule has 0 aliphatic carbocycles. The van der Waals surface area contributed by atoms with E-state index in [-0.39, 0.29) is 5.91 Å². The van der Waals surface area contributed by atoms with Gasteiger partial charge in [0, 0.05) is 41.5 Å². The van der Waals surface area contributed by atoms with Crippen LogP contribution in [0.1, 0.15) is 42.5 Å². The minimum absolute atomic E-state index is 0.198. The lowest BCUT2D eigenvalue weighted by molar-refractivity contribution is -0.697. The van der Waals surface area contributed by atoms with Gasteiger partial charge >= 0.3 is 5.63 Å². The Labute approximate surface area is 280 Å².